The Bertz CT molecular complexity index is 538. The summed E-state index contributed by atoms with van der Waals surface area (Å²) in [4.78, 5) is 25.6. The minimum Gasteiger partial charge on any atom is -0.478 e. The van der Waals surface area contributed by atoms with E-state index < -0.39 is 11.9 Å². The Hall–Kier alpha value is -1.32. The summed E-state index contributed by atoms with van der Waals surface area (Å²) in [6.45, 7) is 13.3. The van der Waals surface area contributed by atoms with Gasteiger partial charge in [-0.1, -0.05) is 112 Å². The lowest BCUT2D eigenvalue weighted by Gasteiger charge is -2.22. The third-order valence-electron chi connectivity index (χ3n) is 6.93. The third-order valence-corrected chi connectivity index (χ3v) is 6.93. The quantitative estimate of drug-likeness (QED) is 0.149. The number of esters is 1. The molecule has 0 aromatic rings. The fraction of sp³-hybridized carbons (Fsp3) is 0.857. The Balaban J connectivity index is 5.79. The lowest BCUT2D eigenvalue weighted by Crippen LogP contribution is -2.21. The van der Waals surface area contributed by atoms with Crippen molar-refractivity contribution in [3.63, 3.8) is 0 Å². The lowest BCUT2D eigenvalue weighted by molar-refractivity contribution is -0.142. The fourth-order valence-corrected chi connectivity index (χ4v) is 4.31. The number of aliphatic carboxylic acids is 1. The van der Waals surface area contributed by atoms with Crippen molar-refractivity contribution in [2.75, 3.05) is 6.61 Å². The van der Waals surface area contributed by atoms with E-state index >= 15 is 0 Å². The van der Waals surface area contributed by atoms with Crippen molar-refractivity contribution in [2.45, 2.75) is 131 Å². The number of carboxylic acids is 1. The van der Waals surface area contributed by atoms with Gasteiger partial charge in [-0.2, -0.15) is 0 Å². The molecule has 4 nitrogen and oxygen atoms in total. The summed E-state index contributed by atoms with van der Waals surface area (Å²) in [6, 6.07) is 0. The summed E-state index contributed by atoms with van der Waals surface area (Å²) in [5.41, 5.74) is 0.732. The Morgan fingerprint density at radius 1 is 0.656 bits per heavy atom. The summed E-state index contributed by atoms with van der Waals surface area (Å²) in [7, 11) is 0. The molecule has 4 heteroatoms. The molecule has 1 N–H and O–H groups in total. The van der Waals surface area contributed by atoms with Crippen LogP contribution in [0.3, 0.4) is 0 Å². The number of ether oxygens (including phenoxy) is 1. The van der Waals surface area contributed by atoms with Crippen LogP contribution in [-0.2, 0) is 14.3 Å². The third kappa shape index (κ3) is 12.6. The van der Waals surface area contributed by atoms with Crippen LogP contribution >= 0.6 is 0 Å². The van der Waals surface area contributed by atoms with Gasteiger partial charge >= 0.3 is 11.9 Å². The summed E-state index contributed by atoms with van der Waals surface area (Å²) in [6.07, 6.45) is 13.6. The molecular weight excluding hydrogens is 400 g/mol. The van der Waals surface area contributed by atoms with Crippen molar-refractivity contribution < 1.29 is 19.4 Å². The zero-order valence-corrected chi connectivity index (χ0v) is 22.0. The molecule has 0 aliphatic heterocycles. The number of unbranched alkanes of at least 4 members (excludes halogenated alkanes) is 3. The monoisotopic (exact) mass is 452 g/mol. The smallest absolute Gasteiger partial charge is 0.334 e. The van der Waals surface area contributed by atoms with Gasteiger partial charge in [0, 0.05) is 11.1 Å². The molecule has 0 heterocycles. The average Bonchev–Trinajstić information content (AvgIpc) is 2.79. The van der Waals surface area contributed by atoms with E-state index in [0.29, 0.717) is 48.3 Å². The van der Waals surface area contributed by atoms with E-state index in [0.717, 1.165) is 77.0 Å². The van der Waals surface area contributed by atoms with Crippen LogP contribution in [0.1, 0.15) is 131 Å². The first kappa shape index (κ1) is 30.7. The normalized spacial score (nSPS) is 15.1. The van der Waals surface area contributed by atoms with Crippen molar-refractivity contribution in [1.29, 1.82) is 0 Å². The van der Waals surface area contributed by atoms with Crippen molar-refractivity contribution in [1.82, 2.24) is 0 Å². The van der Waals surface area contributed by atoms with Gasteiger partial charge in [0.1, 0.15) is 0 Å². The Morgan fingerprint density at radius 3 is 1.44 bits per heavy atom. The van der Waals surface area contributed by atoms with E-state index in [4.69, 9.17) is 4.74 Å². The van der Waals surface area contributed by atoms with Crippen LogP contribution < -0.4 is 0 Å². The molecule has 0 bridgehead atoms. The van der Waals surface area contributed by atoms with Crippen LogP contribution in [0.5, 0.6) is 0 Å². The van der Waals surface area contributed by atoms with E-state index in [1.807, 2.05) is 0 Å². The van der Waals surface area contributed by atoms with Gasteiger partial charge in [-0.3, -0.25) is 0 Å². The first-order chi connectivity index (χ1) is 15.4. The van der Waals surface area contributed by atoms with E-state index in [9.17, 15) is 14.7 Å². The van der Waals surface area contributed by atoms with Gasteiger partial charge in [0.25, 0.3) is 0 Å². The maximum absolute atomic E-state index is 13.2. The number of carbonyl (C=O) groups is 2. The van der Waals surface area contributed by atoms with Gasteiger partial charge in [-0.15, -0.1) is 0 Å². The van der Waals surface area contributed by atoms with Gasteiger partial charge in [0.2, 0.25) is 0 Å². The molecule has 0 fully saturated rings. The number of carboxylic acid groups (broad SMARTS) is 1. The van der Waals surface area contributed by atoms with Gasteiger partial charge < -0.3 is 9.84 Å². The van der Waals surface area contributed by atoms with Crippen LogP contribution in [-0.4, -0.2) is 23.7 Å². The maximum Gasteiger partial charge on any atom is 0.334 e. The predicted molar refractivity (Wildman–Crippen MR) is 135 cm³/mol. The second-order valence-corrected chi connectivity index (χ2v) is 9.52. The summed E-state index contributed by atoms with van der Waals surface area (Å²) >= 11 is 0. The summed E-state index contributed by atoms with van der Waals surface area (Å²) in [5, 5.41) is 10.1. The van der Waals surface area contributed by atoms with E-state index in [-0.39, 0.29) is 0 Å². The topological polar surface area (TPSA) is 63.6 Å². The molecule has 0 radical (unpaired) electrons. The molecule has 0 saturated carbocycles. The second kappa shape index (κ2) is 19.2. The summed E-state index contributed by atoms with van der Waals surface area (Å²) < 4.78 is 5.77. The highest BCUT2D eigenvalue weighted by Crippen LogP contribution is 2.30. The Labute approximate surface area is 198 Å². The Kier molecular flexibility index (Phi) is 18.4. The van der Waals surface area contributed by atoms with Crippen LogP contribution in [0.25, 0.3) is 0 Å². The van der Waals surface area contributed by atoms with Gasteiger partial charge in [0.15, 0.2) is 0 Å². The highest BCUT2D eigenvalue weighted by molar-refractivity contribution is 5.99. The van der Waals surface area contributed by atoms with E-state index in [1.54, 1.807) is 0 Å². The zero-order chi connectivity index (χ0) is 24.4. The second-order valence-electron chi connectivity index (χ2n) is 9.52. The first-order valence-electron chi connectivity index (χ1n) is 13.5. The molecule has 188 valence electrons. The van der Waals surface area contributed by atoms with Crippen LogP contribution in [0.15, 0.2) is 11.1 Å². The van der Waals surface area contributed by atoms with Crippen LogP contribution in [0.2, 0.25) is 0 Å². The molecule has 0 aromatic heterocycles. The zero-order valence-electron chi connectivity index (χ0n) is 22.0. The van der Waals surface area contributed by atoms with Gasteiger partial charge in [-0.05, 0) is 37.0 Å². The molecule has 0 amide bonds. The van der Waals surface area contributed by atoms with Gasteiger partial charge in [0.05, 0.1) is 6.61 Å². The molecular formula is C28H52O4. The molecule has 0 aromatic carbocycles. The van der Waals surface area contributed by atoms with E-state index in [2.05, 4.69) is 41.5 Å². The number of hydrogen-bond acceptors (Lipinski definition) is 3. The highest BCUT2D eigenvalue weighted by Gasteiger charge is 2.27. The largest absolute Gasteiger partial charge is 0.478 e. The minimum absolute atomic E-state index is 0.299. The minimum atomic E-state index is -0.949. The maximum atomic E-state index is 13.2. The van der Waals surface area contributed by atoms with Crippen LogP contribution in [0, 0.1) is 17.8 Å². The Morgan fingerprint density at radius 2 is 1.06 bits per heavy atom. The first-order valence-corrected chi connectivity index (χ1v) is 13.5. The lowest BCUT2D eigenvalue weighted by atomic mass is 9.85. The fourth-order valence-electron chi connectivity index (χ4n) is 4.31. The molecule has 32 heavy (non-hydrogen) atoms. The molecule has 3 unspecified atom stereocenters. The summed E-state index contributed by atoms with van der Waals surface area (Å²) in [5.74, 6) is -0.367. The molecule has 0 aliphatic rings. The van der Waals surface area contributed by atoms with Gasteiger partial charge in [-0.25, -0.2) is 9.59 Å². The van der Waals surface area contributed by atoms with Crippen LogP contribution in [0.4, 0.5) is 0 Å². The molecule has 0 rings (SSSR count). The average molecular weight is 453 g/mol. The van der Waals surface area contributed by atoms with Crippen molar-refractivity contribution in [2.24, 2.45) is 17.8 Å². The predicted octanol–water partition coefficient (Wildman–Crippen LogP) is 8.34. The van der Waals surface area contributed by atoms with Crippen molar-refractivity contribution in [3.05, 3.63) is 11.1 Å². The SMILES string of the molecule is CCCCC(CC)COC(=O)C(CC(CC)CCCC)=C(CC(CC)CCCC)C(=O)O. The molecule has 0 aliphatic carbocycles. The standard InChI is InChI=1S/C28H52O4/c1-7-13-16-22(10-4)19-25(27(29)30)26(20-23(11-5)17-14-8-2)28(31)32-21-24(12-6)18-15-9-3/h22-24H,7-21H2,1-6H3,(H,29,30). The number of carbonyl (C=O) groups excluding carboxylic acids is 1. The van der Waals surface area contributed by atoms with E-state index in [1.165, 1.54) is 0 Å². The number of rotatable bonds is 20. The molecule has 0 saturated heterocycles. The molecule has 3 atom stereocenters. The highest BCUT2D eigenvalue weighted by atomic mass is 16.5. The molecule has 0 spiro atoms. The van der Waals surface area contributed by atoms with Crippen molar-refractivity contribution in [3.8, 4) is 0 Å². The number of hydrogen-bond donors (Lipinski definition) is 1. The van der Waals surface area contributed by atoms with Crippen molar-refractivity contribution >= 4 is 11.9 Å².